The highest BCUT2D eigenvalue weighted by atomic mass is 35.5. The molecule has 1 heterocycles. The number of aliphatic hydroxyl groups is 1. The average Bonchev–Trinajstić information content (AvgIpc) is 2.75. The van der Waals surface area contributed by atoms with Crippen molar-refractivity contribution in [2.75, 3.05) is 6.54 Å². The van der Waals surface area contributed by atoms with Crippen LogP contribution in [-0.4, -0.2) is 34.6 Å². The van der Waals surface area contributed by atoms with E-state index >= 15 is 0 Å². The van der Waals surface area contributed by atoms with Crippen molar-refractivity contribution in [3.05, 3.63) is 33.8 Å². The number of amides is 1. The Morgan fingerprint density at radius 3 is 2.89 bits per heavy atom. The van der Waals surface area contributed by atoms with Crippen LogP contribution in [0.2, 0.25) is 10.0 Å². The predicted molar refractivity (Wildman–Crippen MR) is 76.8 cm³/mol. The molecule has 1 aliphatic heterocycles. The Bertz CT molecular complexity index is 477. The monoisotopic (exact) mass is 301 g/mol. The lowest BCUT2D eigenvalue weighted by Crippen LogP contribution is -2.37. The van der Waals surface area contributed by atoms with Crippen molar-refractivity contribution >= 4 is 29.1 Å². The van der Waals surface area contributed by atoms with E-state index in [1.807, 2.05) is 4.90 Å². The maximum atomic E-state index is 12.5. The quantitative estimate of drug-likeness (QED) is 0.930. The summed E-state index contributed by atoms with van der Waals surface area (Å²) < 4.78 is 0. The molecule has 2 unspecified atom stereocenters. The number of aliphatic hydroxyl groups excluding tert-OH is 1. The van der Waals surface area contributed by atoms with Crippen molar-refractivity contribution in [3.8, 4) is 0 Å². The lowest BCUT2D eigenvalue weighted by atomic mass is 10.1. The lowest BCUT2D eigenvalue weighted by Gasteiger charge is -2.26. The fourth-order valence-electron chi connectivity index (χ4n) is 2.56. The molecule has 0 aliphatic carbocycles. The summed E-state index contributed by atoms with van der Waals surface area (Å²) in [4.78, 5) is 14.3. The Hall–Kier alpha value is -0.770. The molecular weight excluding hydrogens is 285 g/mol. The van der Waals surface area contributed by atoms with Crippen molar-refractivity contribution in [1.82, 2.24) is 4.90 Å². The third kappa shape index (κ3) is 3.41. The van der Waals surface area contributed by atoms with Crippen LogP contribution in [-0.2, 0) is 0 Å². The van der Waals surface area contributed by atoms with Crippen molar-refractivity contribution in [2.24, 2.45) is 0 Å². The van der Waals surface area contributed by atoms with Gasteiger partial charge in [-0.2, -0.15) is 0 Å². The van der Waals surface area contributed by atoms with E-state index in [1.54, 1.807) is 25.1 Å². The zero-order chi connectivity index (χ0) is 14.0. The van der Waals surface area contributed by atoms with Crippen LogP contribution >= 0.6 is 23.2 Å². The van der Waals surface area contributed by atoms with Gasteiger partial charge < -0.3 is 10.0 Å². The van der Waals surface area contributed by atoms with Gasteiger partial charge in [0, 0.05) is 17.6 Å². The zero-order valence-electron chi connectivity index (χ0n) is 10.8. The summed E-state index contributed by atoms with van der Waals surface area (Å²) in [6, 6.07) is 5.00. The fraction of sp³-hybridized carbons (Fsp3) is 0.500. The molecular formula is C14H17Cl2NO2. The minimum absolute atomic E-state index is 0.0789. The van der Waals surface area contributed by atoms with Crippen LogP contribution in [0, 0.1) is 0 Å². The van der Waals surface area contributed by atoms with E-state index in [-0.39, 0.29) is 11.9 Å². The Balaban J connectivity index is 2.18. The van der Waals surface area contributed by atoms with Gasteiger partial charge in [0.25, 0.3) is 5.91 Å². The first-order valence-electron chi connectivity index (χ1n) is 6.43. The molecule has 0 radical (unpaired) electrons. The Morgan fingerprint density at radius 1 is 1.53 bits per heavy atom. The van der Waals surface area contributed by atoms with Gasteiger partial charge in [-0.05, 0) is 44.4 Å². The Morgan fingerprint density at radius 2 is 2.26 bits per heavy atom. The SMILES string of the molecule is CC(O)CC1CCCN1C(=O)c1ccc(Cl)cc1Cl. The fourth-order valence-corrected chi connectivity index (χ4v) is 3.05. The van der Waals surface area contributed by atoms with Gasteiger partial charge in [-0.15, -0.1) is 0 Å². The molecule has 0 bridgehead atoms. The van der Waals surface area contributed by atoms with Crippen molar-refractivity contribution in [3.63, 3.8) is 0 Å². The molecule has 2 atom stereocenters. The van der Waals surface area contributed by atoms with Crippen LogP contribution in [0.15, 0.2) is 18.2 Å². The number of hydrogen-bond acceptors (Lipinski definition) is 2. The highest BCUT2D eigenvalue weighted by molar-refractivity contribution is 6.36. The number of benzene rings is 1. The van der Waals surface area contributed by atoms with E-state index in [9.17, 15) is 9.90 Å². The lowest BCUT2D eigenvalue weighted by molar-refractivity contribution is 0.0682. The molecule has 0 saturated carbocycles. The van der Waals surface area contributed by atoms with Gasteiger partial charge in [0.05, 0.1) is 16.7 Å². The molecule has 0 spiro atoms. The number of hydrogen-bond donors (Lipinski definition) is 1. The summed E-state index contributed by atoms with van der Waals surface area (Å²) in [7, 11) is 0. The normalized spacial score (nSPS) is 20.6. The molecule has 19 heavy (non-hydrogen) atoms. The summed E-state index contributed by atoms with van der Waals surface area (Å²) in [5, 5.41) is 10.4. The summed E-state index contributed by atoms with van der Waals surface area (Å²) in [5.74, 6) is -0.0789. The molecule has 1 saturated heterocycles. The topological polar surface area (TPSA) is 40.5 Å². The summed E-state index contributed by atoms with van der Waals surface area (Å²) in [6.45, 7) is 2.46. The third-order valence-electron chi connectivity index (χ3n) is 3.41. The van der Waals surface area contributed by atoms with Crippen LogP contribution < -0.4 is 0 Å². The van der Waals surface area contributed by atoms with Gasteiger partial charge in [-0.25, -0.2) is 0 Å². The number of carbonyl (C=O) groups is 1. The molecule has 104 valence electrons. The van der Waals surface area contributed by atoms with Crippen LogP contribution in [0.3, 0.4) is 0 Å². The number of nitrogens with zero attached hydrogens (tertiary/aromatic N) is 1. The van der Waals surface area contributed by atoms with E-state index in [2.05, 4.69) is 0 Å². The highest BCUT2D eigenvalue weighted by Crippen LogP contribution is 2.27. The first kappa shape index (κ1) is 14.6. The first-order valence-corrected chi connectivity index (χ1v) is 7.18. The van der Waals surface area contributed by atoms with E-state index in [0.29, 0.717) is 22.0 Å². The second-order valence-corrected chi connectivity index (χ2v) is 5.85. The van der Waals surface area contributed by atoms with Gasteiger partial charge in [0.15, 0.2) is 0 Å². The van der Waals surface area contributed by atoms with E-state index in [4.69, 9.17) is 23.2 Å². The molecule has 3 nitrogen and oxygen atoms in total. The second kappa shape index (κ2) is 6.12. The first-order chi connectivity index (χ1) is 8.99. The van der Waals surface area contributed by atoms with Crippen LogP contribution in [0.4, 0.5) is 0 Å². The van der Waals surface area contributed by atoms with Gasteiger partial charge in [0.1, 0.15) is 0 Å². The minimum atomic E-state index is -0.404. The van der Waals surface area contributed by atoms with E-state index in [0.717, 1.165) is 19.4 Å². The van der Waals surface area contributed by atoms with Crippen molar-refractivity contribution in [2.45, 2.75) is 38.3 Å². The molecule has 1 N–H and O–H groups in total. The van der Waals surface area contributed by atoms with Gasteiger partial charge in [0.2, 0.25) is 0 Å². The van der Waals surface area contributed by atoms with Gasteiger partial charge >= 0.3 is 0 Å². The number of halogens is 2. The minimum Gasteiger partial charge on any atom is -0.393 e. The van der Waals surface area contributed by atoms with Gasteiger partial charge in [-0.3, -0.25) is 4.79 Å². The zero-order valence-corrected chi connectivity index (χ0v) is 12.3. The molecule has 2 rings (SSSR count). The largest absolute Gasteiger partial charge is 0.393 e. The summed E-state index contributed by atoms with van der Waals surface area (Å²) in [6.07, 6.45) is 2.10. The Kier molecular flexibility index (Phi) is 4.71. The standard InChI is InChI=1S/C14H17Cl2NO2/c1-9(18)7-11-3-2-6-17(11)14(19)12-5-4-10(15)8-13(12)16/h4-5,8-9,11,18H,2-3,6-7H2,1H3. The summed E-state index contributed by atoms with van der Waals surface area (Å²) >= 11 is 11.9. The molecule has 1 aromatic rings. The maximum Gasteiger partial charge on any atom is 0.255 e. The number of rotatable bonds is 3. The average molecular weight is 302 g/mol. The number of carbonyl (C=O) groups excluding carboxylic acids is 1. The third-order valence-corrected chi connectivity index (χ3v) is 3.96. The predicted octanol–water partition coefficient (Wildman–Crippen LogP) is 3.37. The number of likely N-dealkylation sites (tertiary alicyclic amines) is 1. The van der Waals surface area contributed by atoms with E-state index in [1.165, 1.54) is 0 Å². The smallest absolute Gasteiger partial charge is 0.255 e. The molecule has 1 fully saturated rings. The van der Waals surface area contributed by atoms with Crippen LogP contribution in [0.5, 0.6) is 0 Å². The molecule has 1 amide bonds. The molecule has 1 aromatic carbocycles. The second-order valence-electron chi connectivity index (χ2n) is 5.00. The van der Waals surface area contributed by atoms with E-state index < -0.39 is 6.10 Å². The van der Waals surface area contributed by atoms with Crippen LogP contribution in [0.25, 0.3) is 0 Å². The van der Waals surface area contributed by atoms with Gasteiger partial charge in [-0.1, -0.05) is 23.2 Å². The summed E-state index contributed by atoms with van der Waals surface area (Å²) in [5.41, 5.74) is 0.476. The molecule has 1 aliphatic rings. The van der Waals surface area contributed by atoms with Crippen molar-refractivity contribution < 1.29 is 9.90 Å². The van der Waals surface area contributed by atoms with Crippen LogP contribution in [0.1, 0.15) is 36.5 Å². The maximum absolute atomic E-state index is 12.5. The molecule has 5 heteroatoms. The van der Waals surface area contributed by atoms with Crippen molar-refractivity contribution in [1.29, 1.82) is 0 Å². The molecule has 0 aromatic heterocycles. The highest BCUT2D eigenvalue weighted by Gasteiger charge is 2.30. The Labute approximate surface area is 123 Å².